The molecule has 1 saturated carbocycles. The lowest BCUT2D eigenvalue weighted by atomic mass is 9.95. The van der Waals surface area contributed by atoms with Gasteiger partial charge in [0.25, 0.3) is 5.91 Å². The normalized spacial score (nSPS) is 15.1. The molecular weight excluding hydrogens is 366 g/mol. The minimum Gasteiger partial charge on any atom is -0.348 e. The molecule has 0 atom stereocenters. The molecule has 1 aliphatic rings. The van der Waals surface area contributed by atoms with Gasteiger partial charge in [0, 0.05) is 11.1 Å². The third-order valence-corrected chi connectivity index (χ3v) is 5.87. The molecule has 0 bridgehead atoms. The summed E-state index contributed by atoms with van der Waals surface area (Å²) in [4.78, 5) is 14.0. The van der Waals surface area contributed by atoms with Gasteiger partial charge in [0.05, 0.1) is 10.6 Å². The Labute approximate surface area is 161 Å². The highest BCUT2D eigenvalue weighted by atomic mass is 35.5. The van der Waals surface area contributed by atoms with Crippen LogP contribution in [-0.4, -0.2) is 21.7 Å². The van der Waals surface area contributed by atoms with Gasteiger partial charge in [0.2, 0.25) is 0 Å². The number of benzene rings is 1. The first-order chi connectivity index (χ1) is 12.7. The summed E-state index contributed by atoms with van der Waals surface area (Å²) in [5.41, 5.74) is 2.19. The van der Waals surface area contributed by atoms with Crippen LogP contribution in [0.3, 0.4) is 0 Å². The van der Waals surface area contributed by atoms with E-state index in [2.05, 4.69) is 10.4 Å². The van der Waals surface area contributed by atoms with Crippen molar-refractivity contribution >= 4 is 28.8 Å². The molecule has 6 heteroatoms. The molecule has 4 rings (SSSR count). The quantitative estimate of drug-likeness (QED) is 0.660. The maximum absolute atomic E-state index is 13.0. The summed E-state index contributed by atoms with van der Waals surface area (Å²) >= 11 is 7.62. The average molecular weight is 386 g/mol. The first kappa shape index (κ1) is 17.3. The molecule has 0 saturated heterocycles. The van der Waals surface area contributed by atoms with E-state index in [4.69, 9.17) is 11.6 Å². The van der Waals surface area contributed by atoms with Crippen LogP contribution >= 0.6 is 22.9 Å². The van der Waals surface area contributed by atoms with Gasteiger partial charge in [-0.25, -0.2) is 4.68 Å². The van der Waals surface area contributed by atoms with Crippen LogP contribution in [0.1, 0.15) is 42.6 Å². The Morgan fingerprint density at radius 1 is 1.15 bits per heavy atom. The third kappa shape index (κ3) is 3.69. The molecule has 4 nitrogen and oxygen atoms in total. The van der Waals surface area contributed by atoms with Crippen LogP contribution in [0.5, 0.6) is 0 Å². The van der Waals surface area contributed by atoms with Gasteiger partial charge in [0.1, 0.15) is 11.4 Å². The number of carbonyl (C=O) groups excluding carboxylic acids is 1. The molecule has 2 heterocycles. The summed E-state index contributed by atoms with van der Waals surface area (Å²) in [6.07, 6.45) is 5.73. The fourth-order valence-electron chi connectivity index (χ4n) is 3.37. The standard InChI is InChI=1S/C20H20ClN3OS/c21-14-8-10-16(11-9-14)24-18(13-17(23-24)19-7-4-12-26-19)20(25)22-15-5-2-1-3-6-15/h4,7-13,15H,1-3,5-6H2,(H,22,25). The molecular formula is C20H20ClN3OS. The summed E-state index contributed by atoms with van der Waals surface area (Å²) in [7, 11) is 0. The van der Waals surface area contributed by atoms with Crippen molar-refractivity contribution in [1.29, 1.82) is 0 Å². The first-order valence-electron chi connectivity index (χ1n) is 8.91. The topological polar surface area (TPSA) is 46.9 Å². The Morgan fingerprint density at radius 2 is 1.92 bits per heavy atom. The van der Waals surface area contributed by atoms with E-state index in [1.54, 1.807) is 16.0 Å². The SMILES string of the molecule is O=C(NC1CCCCC1)c1cc(-c2cccs2)nn1-c1ccc(Cl)cc1. The van der Waals surface area contributed by atoms with Crippen molar-refractivity contribution in [1.82, 2.24) is 15.1 Å². The van der Waals surface area contributed by atoms with Gasteiger partial charge < -0.3 is 5.32 Å². The summed E-state index contributed by atoms with van der Waals surface area (Å²) in [6, 6.07) is 13.5. The summed E-state index contributed by atoms with van der Waals surface area (Å²) in [5, 5.41) is 10.6. The van der Waals surface area contributed by atoms with E-state index in [1.807, 2.05) is 47.8 Å². The van der Waals surface area contributed by atoms with Gasteiger partial charge in [-0.05, 0) is 54.6 Å². The van der Waals surface area contributed by atoms with Crippen LogP contribution < -0.4 is 5.32 Å². The summed E-state index contributed by atoms with van der Waals surface area (Å²) in [6.45, 7) is 0. The molecule has 0 aliphatic heterocycles. The number of nitrogens with zero attached hydrogens (tertiary/aromatic N) is 2. The van der Waals surface area contributed by atoms with Crippen molar-refractivity contribution in [2.75, 3.05) is 0 Å². The summed E-state index contributed by atoms with van der Waals surface area (Å²) < 4.78 is 1.71. The Hall–Kier alpha value is -2.11. The molecule has 134 valence electrons. The highest BCUT2D eigenvalue weighted by Crippen LogP contribution is 2.26. The van der Waals surface area contributed by atoms with Gasteiger partial charge in [-0.3, -0.25) is 4.79 Å². The molecule has 1 amide bonds. The van der Waals surface area contributed by atoms with Crippen molar-refractivity contribution in [2.45, 2.75) is 38.1 Å². The van der Waals surface area contributed by atoms with E-state index in [0.29, 0.717) is 10.7 Å². The molecule has 0 unspecified atom stereocenters. The van der Waals surface area contributed by atoms with Crippen LogP contribution in [0.15, 0.2) is 47.8 Å². The van der Waals surface area contributed by atoms with E-state index in [0.717, 1.165) is 29.1 Å². The molecule has 1 aromatic carbocycles. The molecule has 26 heavy (non-hydrogen) atoms. The van der Waals surface area contributed by atoms with Gasteiger partial charge in [0.15, 0.2) is 0 Å². The monoisotopic (exact) mass is 385 g/mol. The Morgan fingerprint density at radius 3 is 2.62 bits per heavy atom. The number of aromatic nitrogens is 2. The molecule has 0 spiro atoms. The molecule has 1 N–H and O–H groups in total. The zero-order valence-corrected chi connectivity index (χ0v) is 15.9. The van der Waals surface area contributed by atoms with Crippen molar-refractivity contribution in [3.8, 4) is 16.3 Å². The van der Waals surface area contributed by atoms with Crippen molar-refractivity contribution in [3.05, 3.63) is 58.6 Å². The molecule has 1 aliphatic carbocycles. The predicted molar refractivity (Wildman–Crippen MR) is 106 cm³/mol. The lowest BCUT2D eigenvalue weighted by Crippen LogP contribution is -2.37. The Bertz CT molecular complexity index is 880. The van der Waals surface area contributed by atoms with E-state index in [9.17, 15) is 4.79 Å². The Kier molecular flexibility index (Phi) is 5.09. The molecule has 1 fully saturated rings. The van der Waals surface area contributed by atoms with Gasteiger partial charge >= 0.3 is 0 Å². The fourth-order valence-corrected chi connectivity index (χ4v) is 4.18. The van der Waals surface area contributed by atoms with Crippen molar-refractivity contribution < 1.29 is 4.79 Å². The Balaban J connectivity index is 1.69. The fraction of sp³-hybridized carbons (Fsp3) is 0.300. The minimum atomic E-state index is -0.0674. The summed E-state index contributed by atoms with van der Waals surface area (Å²) in [5.74, 6) is -0.0674. The number of amides is 1. The molecule has 0 radical (unpaired) electrons. The second-order valence-corrected chi connectivity index (χ2v) is 7.97. The highest BCUT2D eigenvalue weighted by molar-refractivity contribution is 7.13. The number of rotatable bonds is 4. The van der Waals surface area contributed by atoms with Crippen LogP contribution in [0, 0.1) is 0 Å². The van der Waals surface area contributed by atoms with E-state index < -0.39 is 0 Å². The number of halogens is 1. The number of thiophene rings is 1. The minimum absolute atomic E-state index is 0.0674. The maximum Gasteiger partial charge on any atom is 0.270 e. The van der Waals surface area contributed by atoms with E-state index in [-0.39, 0.29) is 11.9 Å². The number of nitrogens with one attached hydrogen (secondary N) is 1. The van der Waals surface area contributed by atoms with Gasteiger partial charge in [-0.15, -0.1) is 11.3 Å². The van der Waals surface area contributed by atoms with Crippen LogP contribution in [0.4, 0.5) is 0 Å². The van der Waals surface area contributed by atoms with E-state index >= 15 is 0 Å². The number of hydrogen-bond donors (Lipinski definition) is 1. The lowest BCUT2D eigenvalue weighted by Gasteiger charge is -2.22. The molecule has 2 aromatic heterocycles. The number of carbonyl (C=O) groups is 1. The smallest absolute Gasteiger partial charge is 0.270 e. The average Bonchev–Trinajstić information content (AvgIpc) is 3.33. The first-order valence-corrected chi connectivity index (χ1v) is 10.2. The van der Waals surface area contributed by atoms with Crippen molar-refractivity contribution in [2.24, 2.45) is 0 Å². The zero-order chi connectivity index (χ0) is 17.9. The largest absolute Gasteiger partial charge is 0.348 e. The highest BCUT2D eigenvalue weighted by Gasteiger charge is 2.22. The van der Waals surface area contributed by atoms with Crippen molar-refractivity contribution in [3.63, 3.8) is 0 Å². The zero-order valence-electron chi connectivity index (χ0n) is 14.3. The van der Waals surface area contributed by atoms with Crippen LogP contribution in [0.25, 0.3) is 16.3 Å². The van der Waals surface area contributed by atoms with E-state index in [1.165, 1.54) is 19.3 Å². The predicted octanol–water partition coefficient (Wildman–Crippen LogP) is 5.32. The second-order valence-electron chi connectivity index (χ2n) is 6.59. The van der Waals surface area contributed by atoms with Gasteiger partial charge in [-0.1, -0.05) is 36.9 Å². The number of hydrogen-bond acceptors (Lipinski definition) is 3. The lowest BCUT2D eigenvalue weighted by molar-refractivity contribution is 0.0920. The maximum atomic E-state index is 13.0. The molecule has 3 aromatic rings. The van der Waals surface area contributed by atoms with Crippen LogP contribution in [0.2, 0.25) is 5.02 Å². The van der Waals surface area contributed by atoms with Gasteiger partial charge in [-0.2, -0.15) is 5.10 Å². The van der Waals surface area contributed by atoms with Crippen LogP contribution in [-0.2, 0) is 0 Å². The third-order valence-electron chi connectivity index (χ3n) is 4.73. The second kappa shape index (κ2) is 7.64.